The van der Waals surface area contributed by atoms with Crippen molar-refractivity contribution in [3.63, 3.8) is 0 Å². The molecule has 0 N–H and O–H groups in total. The van der Waals surface area contributed by atoms with E-state index in [-0.39, 0.29) is 11.1 Å². The minimum Gasteiger partial charge on any atom is -0.497 e. The molecule has 3 nitrogen and oxygen atoms in total. The van der Waals surface area contributed by atoms with Gasteiger partial charge < -0.3 is 4.74 Å². The first-order chi connectivity index (χ1) is 9.21. The fourth-order valence-electron chi connectivity index (χ4n) is 1.37. The van der Waals surface area contributed by atoms with Gasteiger partial charge in [-0.15, -0.1) is 0 Å². The van der Waals surface area contributed by atoms with Crippen molar-refractivity contribution in [2.45, 2.75) is 6.54 Å². The molecular weight excluding hydrogens is 306 g/mol. The Morgan fingerprint density at radius 3 is 2.63 bits per heavy atom. The first-order valence-corrected chi connectivity index (χ1v) is 6.88. The molecule has 0 bridgehead atoms. The summed E-state index contributed by atoms with van der Waals surface area (Å²) in [5, 5.41) is 0.289. The number of nitrogens with zero attached hydrogens (tertiary/aromatic N) is 1. The number of alkyl halides is 1. The molecule has 0 saturated heterocycles. The highest BCUT2D eigenvalue weighted by molar-refractivity contribution is 9.09. The van der Waals surface area contributed by atoms with Crippen LogP contribution in [-0.4, -0.2) is 24.4 Å². The lowest BCUT2D eigenvalue weighted by molar-refractivity contribution is -0.112. The van der Waals surface area contributed by atoms with Gasteiger partial charge in [0.1, 0.15) is 5.75 Å². The summed E-state index contributed by atoms with van der Waals surface area (Å²) in [6.45, 7) is 4.16. The van der Waals surface area contributed by atoms with Crippen LogP contribution in [0.3, 0.4) is 0 Å². The average molecular weight is 322 g/mol. The van der Waals surface area contributed by atoms with E-state index in [1.165, 1.54) is 6.08 Å². The van der Waals surface area contributed by atoms with Gasteiger partial charge in [-0.1, -0.05) is 40.7 Å². The number of allylic oxidation sites excluding steroid dienone is 3. The van der Waals surface area contributed by atoms with Gasteiger partial charge in [0.25, 0.3) is 0 Å². The van der Waals surface area contributed by atoms with Crippen LogP contribution in [0, 0.1) is 0 Å². The van der Waals surface area contributed by atoms with Gasteiger partial charge in [0.05, 0.1) is 19.0 Å². The molecule has 0 fully saturated rings. The van der Waals surface area contributed by atoms with Gasteiger partial charge in [-0.25, -0.2) is 0 Å². The third kappa shape index (κ3) is 5.22. The molecule has 0 aliphatic carbocycles. The zero-order chi connectivity index (χ0) is 14.1. The molecule has 0 unspecified atom stereocenters. The van der Waals surface area contributed by atoms with Crippen molar-refractivity contribution < 1.29 is 9.53 Å². The molecule has 0 aromatic heterocycles. The van der Waals surface area contributed by atoms with Crippen LogP contribution >= 0.6 is 15.9 Å². The third-order valence-corrected chi connectivity index (χ3v) is 2.96. The van der Waals surface area contributed by atoms with Crippen LogP contribution in [0.15, 0.2) is 53.6 Å². The number of ether oxygens (including phenoxy) is 1. The maximum absolute atomic E-state index is 11.4. The van der Waals surface area contributed by atoms with Crippen LogP contribution in [0.25, 0.3) is 0 Å². The highest BCUT2D eigenvalue weighted by Gasteiger charge is 2.01. The van der Waals surface area contributed by atoms with Crippen LogP contribution in [0.4, 0.5) is 0 Å². The van der Waals surface area contributed by atoms with Crippen molar-refractivity contribution in [1.82, 2.24) is 0 Å². The molecule has 1 aromatic carbocycles. The van der Waals surface area contributed by atoms with Crippen molar-refractivity contribution in [1.29, 1.82) is 0 Å². The first-order valence-electron chi connectivity index (χ1n) is 5.76. The number of aliphatic imine (C=N–C) groups is 1. The summed E-state index contributed by atoms with van der Waals surface area (Å²) in [5.41, 5.74) is 1.63. The molecule has 0 radical (unpaired) electrons. The number of methoxy groups -OCH3 is 1. The number of hydrogen-bond acceptors (Lipinski definition) is 3. The Bertz CT molecular complexity index is 489. The Labute approximate surface area is 121 Å². The fraction of sp³-hybridized carbons (Fsp3) is 0.200. The molecule has 0 saturated carbocycles. The minimum atomic E-state index is -0.00843. The standard InChI is InChI=1S/C15H16BrNO2/c1-3-13(15(18)10-16)8-9-17-11-12-4-6-14(19-2)7-5-12/h3-9H,1,10-11H2,2H3/b13-8+,17-9?. The zero-order valence-corrected chi connectivity index (χ0v) is 12.4. The normalized spacial score (nSPS) is 11.6. The summed E-state index contributed by atoms with van der Waals surface area (Å²) in [4.78, 5) is 15.7. The number of carbonyl (C=O) groups excluding carboxylic acids is 1. The summed E-state index contributed by atoms with van der Waals surface area (Å²) in [6, 6.07) is 7.70. The van der Waals surface area contributed by atoms with Crippen LogP contribution < -0.4 is 4.74 Å². The van der Waals surface area contributed by atoms with E-state index in [2.05, 4.69) is 27.5 Å². The summed E-state index contributed by atoms with van der Waals surface area (Å²) >= 11 is 3.12. The van der Waals surface area contributed by atoms with Crippen molar-refractivity contribution in [3.8, 4) is 5.75 Å². The highest BCUT2D eigenvalue weighted by atomic mass is 79.9. The van der Waals surface area contributed by atoms with E-state index in [0.717, 1.165) is 11.3 Å². The van der Waals surface area contributed by atoms with E-state index in [9.17, 15) is 4.79 Å². The minimum absolute atomic E-state index is 0.00843. The van der Waals surface area contributed by atoms with Crippen molar-refractivity contribution in [2.75, 3.05) is 12.4 Å². The predicted molar refractivity (Wildman–Crippen MR) is 82.3 cm³/mol. The van der Waals surface area contributed by atoms with Gasteiger partial charge in [0.2, 0.25) is 0 Å². The fourth-order valence-corrected chi connectivity index (χ4v) is 1.70. The van der Waals surface area contributed by atoms with Crippen molar-refractivity contribution in [3.05, 3.63) is 54.1 Å². The smallest absolute Gasteiger partial charge is 0.173 e. The Hall–Kier alpha value is -1.68. The molecule has 100 valence electrons. The summed E-state index contributed by atoms with van der Waals surface area (Å²) in [7, 11) is 1.63. The molecule has 0 aliphatic heterocycles. The van der Waals surface area contributed by atoms with Gasteiger partial charge in [-0.3, -0.25) is 9.79 Å². The zero-order valence-electron chi connectivity index (χ0n) is 10.8. The molecule has 0 atom stereocenters. The number of ketones is 1. The Morgan fingerprint density at radius 2 is 2.11 bits per heavy atom. The number of carbonyl (C=O) groups is 1. The topological polar surface area (TPSA) is 38.7 Å². The first kappa shape index (κ1) is 15.4. The molecule has 0 spiro atoms. The van der Waals surface area contributed by atoms with E-state index in [0.29, 0.717) is 12.1 Å². The van der Waals surface area contributed by atoms with Gasteiger partial charge in [-0.05, 0) is 23.8 Å². The van der Waals surface area contributed by atoms with Crippen LogP contribution in [0.2, 0.25) is 0 Å². The molecule has 19 heavy (non-hydrogen) atoms. The maximum atomic E-state index is 11.4. The average Bonchev–Trinajstić information content (AvgIpc) is 2.47. The second kappa shape index (κ2) is 8.43. The molecule has 1 aromatic rings. The van der Waals surface area contributed by atoms with E-state index >= 15 is 0 Å². The van der Waals surface area contributed by atoms with E-state index < -0.39 is 0 Å². The monoisotopic (exact) mass is 321 g/mol. The summed E-state index contributed by atoms with van der Waals surface area (Å²) in [6.07, 6.45) is 4.82. The van der Waals surface area contributed by atoms with Gasteiger partial charge in [-0.2, -0.15) is 0 Å². The van der Waals surface area contributed by atoms with Crippen LogP contribution in [-0.2, 0) is 11.3 Å². The predicted octanol–water partition coefficient (Wildman–Crippen LogP) is 3.34. The van der Waals surface area contributed by atoms with Crippen molar-refractivity contribution >= 4 is 27.9 Å². The molecule has 0 aliphatic rings. The molecule has 0 amide bonds. The van der Waals surface area contributed by atoms with E-state index in [4.69, 9.17) is 4.74 Å². The lowest BCUT2D eigenvalue weighted by Crippen LogP contribution is -2.01. The molecule has 1 rings (SSSR count). The second-order valence-electron chi connectivity index (χ2n) is 3.72. The lowest BCUT2D eigenvalue weighted by Gasteiger charge is -2.00. The molecule has 0 heterocycles. The summed E-state index contributed by atoms with van der Waals surface area (Å²) in [5.74, 6) is 0.815. The van der Waals surface area contributed by atoms with Gasteiger partial charge >= 0.3 is 0 Å². The Morgan fingerprint density at radius 1 is 1.42 bits per heavy atom. The lowest BCUT2D eigenvalue weighted by atomic mass is 10.2. The SMILES string of the molecule is C=C/C(=C\C=NCc1ccc(OC)cc1)C(=O)CBr. The van der Waals surface area contributed by atoms with Crippen LogP contribution in [0.1, 0.15) is 5.56 Å². The van der Waals surface area contributed by atoms with Gasteiger partial charge in [0, 0.05) is 11.8 Å². The number of hydrogen-bond donors (Lipinski definition) is 0. The Balaban J connectivity index is 2.59. The third-order valence-electron chi connectivity index (χ3n) is 2.46. The molecule has 4 heteroatoms. The number of Topliss-reactive ketones (excluding diaryl/α,β-unsaturated/α-hetero) is 1. The van der Waals surface area contributed by atoms with Crippen molar-refractivity contribution in [2.24, 2.45) is 4.99 Å². The number of halogens is 1. The van der Waals surface area contributed by atoms with E-state index in [1.807, 2.05) is 24.3 Å². The largest absolute Gasteiger partial charge is 0.497 e. The number of benzene rings is 1. The maximum Gasteiger partial charge on any atom is 0.173 e. The van der Waals surface area contributed by atoms with Crippen LogP contribution in [0.5, 0.6) is 5.75 Å². The highest BCUT2D eigenvalue weighted by Crippen LogP contribution is 2.11. The molecular formula is C15H16BrNO2. The van der Waals surface area contributed by atoms with Gasteiger partial charge in [0.15, 0.2) is 5.78 Å². The quantitative estimate of drug-likeness (QED) is 0.334. The van der Waals surface area contributed by atoms with E-state index in [1.54, 1.807) is 19.4 Å². The second-order valence-corrected chi connectivity index (χ2v) is 4.28. The Kier molecular flexibility index (Phi) is 6.82. The summed E-state index contributed by atoms with van der Waals surface area (Å²) < 4.78 is 5.08. The number of rotatable bonds is 7.